The van der Waals surface area contributed by atoms with E-state index in [1.165, 1.54) is 11.1 Å². The summed E-state index contributed by atoms with van der Waals surface area (Å²) in [5.41, 5.74) is 2.54. The molecule has 0 aliphatic rings. The molecule has 0 aromatic heterocycles. The van der Waals surface area contributed by atoms with Crippen LogP contribution in [0.25, 0.3) is 5.57 Å². The molecule has 16 heavy (non-hydrogen) atoms. The summed E-state index contributed by atoms with van der Waals surface area (Å²) in [4.78, 5) is 12.5. The molecule has 1 amide bonds. The van der Waals surface area contributed by atoms with Gasteiger partial charge in [0.15, 0.2) is 0 Å². The van der Waals surface area contributed by atoms with Gasteiger partial charge in [-0.05, 0) is 31.4 Å². The van der Waals surface area contributed by atoms with E-state index < -0.39 is 0 Å². The average molecular weight is 217 g/mol. The van der Waals surface area contributed by atoms with Crippen molar-refractivity contribution >= 4 is 12.0 Å². The molecule has 0 unspecified atom stereocenters. The smallest absolute Gasteiger partial charge is 0.209 e. The van der Waals surface area contributed by atoms with Crippen molar-refractivity contribution in [2.45, 2.75) is 20.3 Å². The lowest BCUT2D eigenvalue weighted by atomic mass is 10.0. The summed E-state index contributed by atoms with van der Waals surface area (Å²) < 4.78 is 0. The minimum absolute atomic E-state index is 0.773. The van der Waals surface area contributed by atoms with Crippen LogP contribution >= 0.6 is 0 Å². The number of nitrogens with zero attached hydrogens (tertiary/aromatic N) is 1. The summed E-state index contributed by atoms with van der Waals surface area (Å²) in [6, 6.07) is 10.3. The van der Waals surface area contributed by atoms with E-state index in [0.29, 0.717) is 0 Å². The Morgan fingerprint density at radius 3 is 2.50 bits per heavy atom. The Hall–Kier alpha value is -1.57. The molecule has 1 aromatic carbocycles. The van der Waals surface area contributed by atoms with Gasteiger partial charge in [0.25, 0.3) is 0 Å². The number of rotatable bonds is 6. The van der Waals surface area contributed by atoms with Gasteiger partial charge in [0.1, 0.15) is 0 Å². The third-order valence-electron chi connectivity index (χ3n) is 2.72. The van der Waals surface area contributed by atoms with Crippen LogP contribution in [-0.2, 0) is 4.79 Å². The highest BCUT2D eigenvalue weighted by atomic mass is 16.1. The molecule has 0 saturated carbocycles. The Kier molecular flexibility index (Phi) is 5.34. The van der Waals surface area contributed by atoms with Crippen molar-refractivity contribution in [3.63, 3.8) is 0 Å². The van der Waals surface area contributed by atoms with Crippen molar-refractivity contribution in [3.8, 4) is 0 Å². The van der Waals surface area contributed by atoms with Crippen LogP contribution < -0.4 is 0 Å². The van der Waals surface area contributed by atoms with Crippen LogP contribution in [0.5, 0.6) is 0 Å². The molecule has 0 atom stereocenters. The number of carbonyl (C=O) groups is 1. The lowest BCUT2D eigenvalue weighted by Gasteiger charge is -2.16. The van der Waals surface area contributed by atoms with E-state index in [0.717, 1.165) is 25.9 Å². The van der Waals surface area contributed by atoms with Gasteiger partial charge in [0.05, 0.1) is 0 Å². The van der Waals surface area contributed by atoms with E-state index >= 15 is 0 Å². The average Bonchev–Trinajstić information content (AvgIpc) is 2.36. The van der Waals surface area contributed by atoms with Gasteiger partial charge in [0, 0.05) is 13.1 Å². The molecule has 1 aromatic rings. The summed E-state index contributed by atoms with van der Waals surface area (Å²) in [6.07, 6.45) is 3.94. The summed E-state index contributed by atoms with van der Waals surface area (Å²) in [7, 11) is 0. The first kappa shape index (κ1) is 12.5. The molecule has 0 aliphatic heterocycles. The fourth-order valence-corrected chi connectivity index (χ4v) is 1.66. The van der Waals surface area contributed by atoms with E-state index in [1.54, 1.807) is 4.90 Å². The second-order valence-corrected chi connectivity index (χ2v) is 3.66. The van der Waals surface area contributed by atoms with Gasteiger partial charge in [-0.2, -0.15) is 0 Å². The Morgan fingerprint density at radius 2 is 2.00 bits per heavy atom. The van der Waals surface area contributed by atoms with Gasteiger partial charge in [-0.3, -0.25) is 4.79 Å². The van der Waals surface area contributed by atoms with Crippen LogP contribution in [0.3, 0.4) is 0 Å². The molecule has 0 aliphatic carbocycles. The minimum atomic E-state index is 0.773. The maximum Gasteiger partial charge on any atom is 0.209 e. The Labute approximate surface area is 97.6 Å². The highest BCUT2D eigenvalue weighted by Gasteiger charge is 2.03. The van der Waals surface area contributed by atoms with Gasteiger partial charge in [-0.1, -0.05) is 36.4 Å². The number of carbonyl (C=O) groups excluding carboxylic acids is 1. The van der Waals surface area contributed by atoms with Crippen molar-refractivity contribution in [1.82, 2.24) is 4.90 Å². The van der Waals surface area contributed by atoms with Crippen molar-refractivity contribution < 1.29 is 4.79 Å². The molecule has 0 heterocycles. The standard InChI is InChI=1S/C14H19NO/c1-3-13(10-11-15(4-2)12-16)14-8-6-5-7-9-14/h3,5-9,12H,4,10-11H2,1-2H3. The Balaban J connectivity index is 2.61. The Bertz CT molecular complexity index is 343. The van der Waals surface area contributed by atoms with Crippen molar-refractivity contribution in [2.75, 3.05) is 13.1 Å². The number of benzene rings is 1. The molecule has 1 rings (SSSR count). The molecule has 0 N–H and O–H groups in total. The zero-order valence-electron chi connectivity index (χ0n) is 10.0. The van der Waals surface area contributed by atoms with Crippen LogP contribution in [-0.4, -0.2) is 24.4 Å². The topological polar surface area (TPSA) is 20.3 Å². The number of allylic oxidation sites excluding steroid dienone is 1. The van der Waals surface area contributed by atoms with Gasteiger partial charge >= 0.3 is 0 Å². The zero-order chi connectivity index (χ0) is 11.8. The third-order valence-corrected chi connectivity index (χ3v) is 2.72. The summed E-state index contributed by atoms with van der Waals surface area (Å²) in [5.74, 6) is 0. The Morgan fingerprint density at radius 1 is 1.31 bits per heavy atom. The SMILES string of the molecule is CC=C(CCN(C=O)CC)c1ccccc1. The number of amides is 1. The second kappa shape index (κ2) is 6.83. The fourth-order valence-electron chi connectivity index (χ4n) is 1.66. The quantitative estimate of drug-likeness (QED) is 0.671. The van der Waals surface area contributed by atoms with E-state index in [9.17, 15) is 4.79 Å². The highest BCUT2D eigenvalue weighted by molar-refractivity contribution is 5.65. The third kappa shape index (κ3) is 3.54. The maximum atomic E-state index is 10.7. The molecule has 86 valence electrons. The number of hydrogen-bond acceptors (Lipinski definition) is 1. The van der Waals surface area contributed by atoms with E-state index in [2.05, 4.69) is 18.2 Å². The van der Waals surface area contributed by atoms with E-state index in [-0.39, 0.29) is 0 Å². The first-order valence-corrected chi connectivity index (χ1v) is 5.71. The van der Waals surface area contributed by atoms with Crippen molar-refractivity contribution in [1.29, 1.82) is 0 Å². The van der Waals surface area contributed by atoms with Crippen LogP contribution in [0, 0.1) is 0 Å². The molecule has 0 radical (unpaired) electrons. The normalized spacial score (nSPS) is 11.2. The van der Waals surface area contributed by atoms with Gasteiger partial charge in [-0.25, -0.2) is 0 Å². The number of hydrogen-bond donors (Lipinski definition) is 0. The van der Waals surface area contributed by atoms with Crippen LogP contribution in [0.15, 0.2) is 36.4 Å². The fraction of sp³-hybridized carbons (Fsp3) is 0.357. The molecule has 2 heteroatoms. The molecule has 0 fully saturated rings. The maximum absolute atomic E-state index is 10.7. The lowest BCUT2D eigenvalue weighted by Crippen LogP contribution is -2.22. The molecule has 0 spiro atoms. The van der Waals surface area contributed by atoms with E-state index in [1.807, 2.05) is 32.0 Å². The van der Waals surface area contributed by atoms with E-state index in [4.69, 9.17) is 0 Å². The van der Waals surface area contributed by atoms with Crippen molar-refractivity contribution in [3.05, 3.63) is 42.0 Å². The van der Waals surface area contributed by atoms with Gasteiger partial charge in [0.2, 0.25) is 6.41 Å². The highest BCUT2D eigenvalue weighted by Crippen LogP contribution is 2.17. The first-order chi connectivity index (χ1) is 7.81. The summed E-state index contributed by atoms with van der Waals surface area (Å²) in [6.45, 7) is 5.59. The minimum Gasteiger partial charge on any atom is -0.345 e. The largest absolute Gasteiger partial charge is 0.345 e. The summed E-state index contributed by atoms with van der Waals surface area (Å²) >= 11 is 0. The molecule has 0 saturated heterocycles. The van der Waals surface area contributed by atoms with Crippen LogP contribution in [0.2, 0.25) is 0 Å². The zero-order valence-corrected chi connectivity index (χ0v) is 10.0. The molecule has 0 bridgehead atoms. The first-order valence-electron chi connectivity index (χ1n) is 5.71. The monoisotopic (exact) mass is 217 g/mol. The van der Waals surface area contributed by atoms with Crippen LogP contribution in [0.1, 0.15) is 25.8 Å². The predicted molar refractivity (Wildman–Crippen MR) is 68.0 cm³/mol. The van der Waals surface area contributed by atoms with Crippen molar-refractivity contribution in [2.24, 2.45) is 0 Å². The predicted octanol–water partition coefficient (Wildman–Crippen LogP) is 2.96. The summed E-state index contributed by atoms with van der Waals surface area (Å²) in [5, 5.41) is 0. The van der Waals surface area contributed by atoms with Crippen LogP contribution in [0.4, 0.5) is 0 Å². The second-order valence-electron chi connectivity index (χ2n) is 3.66. The molecular weight excluding hydrogens is 198 g/mol. The van der Waals surface area contributed by atoms with Gasteiger partial charge < -0.3 is 4.90 Å². The molecular formula is C14H19NO. The molecule has 2 nitrogen and oxygen atoms in total. The van der Waals surface area contributed by atoms with Gasteiger partial charge in [-0.15, -0.1) is 0 Å². The lowest BCUT2D eigenvalue weighted by molar-refractivity contribution is -0.117.